The van der Waals surface area contributed by atoms with Gasteiger partial charge in [-0.2, -0.15) is 0 Å². The molecule has 4 heteroatoms. The van der Waals surface area contributed by atoms with E-state index < -0.39 is 0 Å². The van der Waals surface area contributed by atoms with Gasteiger partial charge < -0.3 is 0 Å². The number of rotatable bonds is 2. The summed E-state index contributed by atoms with van der Waals surface area (Å²) in [4.78, 5) is 0.595. The SMILES string of the molecule is C=C(S)c1nonc1CC. The zero-order chi connectivity index (χ0) is 7.56. The van der Waals surface area contributed by atoms with E-state index in [2.05, 4.69) is 34.2 Å². The van der Waals surface area contributed by atoms with Crippen molar-refractivity contribution in [3.8, 4) is 0 Å². The summed E-state index contributed by atoms with van der Waals surface area (Å²) >= 11 is 4.02. The fraction of sp³-hybridized carbons (Fsp3) is 0.333. The zero-order valence-electron chi connectivity index (χ0n) is 5.66. The third-order valence-corrected chi connectivity index (χ3v) is 1.38. The Labute approximate surface area is 64.5 Å². The molecular formula is C6H8N2OS. The van der Waals surface area contributed by atoms with E-state index in [-0.39, 0.29) is 0 Å². The second-order valence-electron chi connectivity index (χ2n) is 1.86. The lowest BCUT2D eigenvalue weighted by Gasteiger charge is -1.89. The van der Waals surface area contributed by atoms with Crippen LogP contribution in [0.5, 0.6) is 0 Å². The van der Waals surface area contributed by atoms with Crippen LogP contribution in [0.1, 0.15) is 18.3 Å². The van der Waals surface area contributed by atoms with Crippen LogP contribution in [-0.4, -0.2) is 10.3 Å². The summed E-state index contributed by atoms with van der Waals surface area (Å²) in [6.45, 7) is 5.58. The molecule has 0 aliphatic rings. The summed E-state index contributed by atoms with van der Waals surface area (Å²) in [5.74, 6) is 0. The molecule has 0 saturated carbocycles. The zero-order valence-corrected chi connectivity index (χ0v) is 6.56. The molecule has 10 heavy (non-hydrogen) atoms. The minimum Gasteiger partial charge on any atom is -0.244 e. The quantitative estimate of drug-likeness (QED) is 0.660. The Kier molecular flexibility index (Phi) is 2.11. The standard InChI is InChI=1S/C6H8N2OS/c1-3-5-6(4(2)10)8-9-7-5/h10H,2-3H2,1H3. The van der Waals surface area contributed by atoms with Gasteiger partial charge in [0.2, 0.25) is 0 Å². The van der Waals surface area contributed by atoms with Gasteiger partial charge in [0.05, 0.1) is 0 Å². The summed E-state index contributed by atoms with van der Waals surface area (Å²) in [6.07, 6.45) is 0.790. The van der Waals surface area contributed by atoms with Crippen LogP contribution in [0.2, 0.25) is 0 Å². The molecule has 0 aromatic carbocycles. The Bertz CT molecular complexity index is 244. The van der Waals surface area contributed by atoms with Gasteiger partial charge in [-0.05, 0) is 11.6 Å². The van der Waals surface area contributed by atoms with E-state index in [1.165, 1.54) is 0 Å². The Hall–Kier alpha value is -0.770. The average Bonchev–Trinajstić information content (AvgIpc) is 2.33. The number of hydrogen-bond donors (Lipinski definition) is 1. The van der Waals surface area contributed by atoms with E-state index in [0.29, 0.717) is 10.6 Å². The van der Waals surface area contributed by atoms with Crippen molar-refractivity contribution in [1.82, 2.24) is 10.3 Å². The van der Waals surface area contributed by atoms with E-state index in [9.17, 15) is 0 Å². The Morgan fingerprint density at radius 1 is 1.70 bits per heavy atom. The van der Waals surface area contributed by atoms with Crippen molar-refractivity contribution in [3.63, 3.8) is 0 Å². The van der Waals surface area contributed by atoms with E-state index in [0.717, 1.165) is 12.1 Å². The Morgan fingerprint density at radius 2 is 2.40 bits per heavy atom. The number of hydrogen-bond acceptors (Lipinski definition) is 4. The molecule has 54 valence electrons. The smallest absolute Gasteiger partial charge is 0.143 e. The maximum absolute atomic E-state index is 4.49. The molecule has 0 atom stereocenters. The molecule has 0 N–H and O–H groups in total. The molecular weight excluding hydrogens is 148 g/mol. The number of thiol groups is 1. The van der Waals surface area contributed by atoms with Crippen LogP contribution in [0.25, 0.3) is 4.91 Å². The number of nitrogens with zero attached hydrogens (tertiary/aromatic N) is 2. The van der Waals surface area contributed by atoms with Gasteiger partial charge in [0.15, 0.2) is 0 Å². The number of aryl methyl sites for hydroxylation is 1. The summed E-state index contributed by atoms with van der Waals surface area (Å²) in [7, 11) is 0. The van der Waals surface area contributed by atoms with Crippen molar-refractivity contribution in [1.29, 1.82) is 0 Å². The first kappa shape index (κ1) is 7.34. The topological polar surface area (TPSA) is 38.9 Å². The minimum atomic E-state index is 0.595. The lowest BCUT2D eigenvalue weighted by molar-refractivity contribution is 0.303. The van der Waals surface area contributed by atoms with Crippen LogP contribution >= 0.6 is 12.6 Å². The van der Waals surface area contributed by atoms with Crippen LogP contribution in [0.3, 0.4) is 0 Å². The monoisotopic (exact) mass is 156 g/mol. The lowest BCUT2D eigenvalue weighted by atomic mass is 10.2. The predicted octanol–water partition coefficient (Wildman–Crippen LogP) is 1.53. The Balaban J connectivity index is 3.01. The maximum atomic E-state index is 4.49. The first-order chi connectivity index (χ1) is 4.75. The molecule has 0 fully saturated rings. The molecule has 1 aromatic rings. The van der Waals surface area contributed by atoms with E-state index in [1.807, 2.05) is 6.92 Å². The summed E-state index contributed by atoms with van der Waals surface area (Å²) < 4.78 is 4.49. The molecule has 1 rings (SSSR count). The van der Waals surface area contributed by atoms with Crippen LogP contribution in [-0.2, 0) is 6.42 Å². The van der Waals surface area contributed by atoms with Crippen molar-refractivity contribution in [2.45, 2.75) is 13.3 Å². The highest BCUT2D eigenvalue weighted by atomic mass is 32.1. The van der Waals surface area contributed by atoms with Gasteiger partial charge >= 0.3 is 0 Å². The summed E-state index contributed by atoms with van der Waals surface area (Å²) in [5.41, 5.74) is 1.46. The molecule has 3 nitrogen and oxygen atoms in total. The molecule has 0 unspecified atom stereocenters. The Morgan fingerprint density at radius 3 is 2.80 bits per heavy atom. The fourth-order valence-corrected chi connectivity index (χ4v) is 0.828. The molecule has 0 aliphatic heterocycles. The molecule has 0 radical (unpaired) electrons. The minimum absolute atomic E-state index is 0.595. The number of aromatic nitrogens is 2. The third-order valence-electron chi connectivity index (χ3n) is 1.16. The highest BCUT2D eigenvalue weighted by molar-refractivity contribution is 7.90. The van der Waals surface area contributed by atoms with Gasteiger partial charge in [-0.15, -0.1) is 12.6 Å². The predicted molar refractivity (Wildman–Crippen MR) is 41.7 cm³/mol. The first-order valence-corrected chi connectivity index (χ1v) is 3.40. The largest absolute Gasteiger partial charge is 0.244 e. The van der Waals surface area contributed by atoms with Crippen LogP contribution in [0.4, 0.5) is 0 Å². The average molecular weight is 156 g/mol. The second-order valence-corrected chi connectivity index (χ2v) is 2.40. The van der Waals surface area contributed by atoms with Gasteiger partial charge in [-0.25, -0.2) is 4.63 Å². The second kappa shape index (κ2) is 2.88. The highest BCUT2D eigenvalue weighted by Crippen LogP contribution is 2.16. The van der Waals surface area contributed by atoms with Crippen LogP contribution in [0, 0.1) is 0 Å². The molecule has 0 amide bonds. The van der Waals surface area contributed by atoms with Crippen molar-refractivity contribution < 1.29 is 4.63 Å². The lowest BCUT2D eigenvalue weighted by Crippen LogP contribution is -1.85. The van der Waals surface area contributed by atoms with Crippen LogP contribution in [0.15, 0.2) is 11.2 Å². The normalized spacial score (nSPS) is 9.80. The highest BCUT2D eigenvalue weighted by Gasteiger charge is 2.07. The van der Waals surface area contributed by atoms with Crippen molar-refractivity contribution >= 4 is 17.5 Å². The molecule has 1 heterocycles. The van der Waals surface area contributed by atoms with Gasteiger partial charge in [-0.3, -0.25) is 0 Å². The third kappa shape index (κ3) is 1.21. The molecule has 0 aliphatic carbocycles. The van der Waals surface area contributed by atoms with Crippen molar-refractivity contribution in [3.05, 3.63) is 18.0 Å². The van der Waals surface area contributed by atoms with E-state index in [1.54, 1.807) is 0 Å². The van der Waals surface area contributed by atoms with Crippen molar-refractivity contribution in [2.75, 3.05) is 0 Å². The summed E-state index contributed by atoms with van der Waals surface area (Å²) in [6, 6.07) is 0. The molecule has 0 spiro atoms. The molecule has 0 bridgehead atoms. The van der Waals surface area contributed by atoms with Crippen molar-refractivity contribution in [2.24, 2.45) is 0 Å². The molecule has 0 saturated heterocycles. The van der Waals surface area contributed by atoms with Gasteiger partial charge in [0.25, 0.3) is 0 Å². The fourth-order valence-electron chi connectivity index (χ4n) is 0.658. The van der Waals surface area contributed by atoms with Crippen LogP contribution < -0.4 is 0 Å². The summed E-state index contributed by atoms with van der Waals surface area (Å²) in [5, 5.41) is 7.28. The van der Waals surface area contributed by atoms with Gasteiger partial charge in [0.1, 0.15) is 11.4 Å². The maximum Gasteiger partial charge on any atom is 0.143 e. The van der Waals surface area contributed by atoms with E-state index >= 15 is 0 Å². The first-order valence-electron chi connectivity index (χ1n) is 2.95. The molecule has 1 aromatic heterocycles. The van der Waals surface area contributed by atoms with Gasteiger partial charge in [-0.1, -0.05) is 18.7 Å². The van der Waals surface area contributed by atoms with E-state index in [4.69, 9.17) is 0 Å². The van der Waals surface area contributed by atoms with Gasteiger partial charge in [0, 0.05) is 4.91 Å².